The lowest BCUT2D eigenvalue weighted by atomic mass is 9.99. The van der Waals surface area contributed by atoms with Gasteiger partial charge in [0.15, 0.2) is 5.96 Å². The number of nitrogens with one attached hydrogen (secondary N) is 1. The predicted molar refractivity (Wildman–Crippen MR) is 99.9 cm³/mol. The molecule has 2 saturated heterocycles. The maximum atomic E-state index is 11.9. The van der Waals surface area contributed by atoms with Crippen LogP contribution in [0.4, 0.5) is 0 Å². The van der Waals surface area contributed by atoms with Crippen LogP contribution < -0.4 is 5.32 Å². The number of esters is 1. The molecule has 0 saturated carbocycles. The first kappa shape index (κ1) is 18.8. The average molecular weight is 362 g/mol. The Morgan fingerprint density at radius 1 is 1.42 bits per heavy atom. The van der Waals surface area contributed by atoms with Gasteiger partial charge in [0.2, 0.25) is 0 Å². The molecule has 3 unspecified atom stereocenters. The lowest BCUT2D eigenvalue weighted by Crippen LogP contribution is -2.44. The number of carbonyl (C=O) groups is 1. The van der Waals surface area contributed by atoms with Crippen molar-refractivity contribution in [3.63, 3.8) is 0 Å². The van der Waals surface area contributed by atoms with Gasteiger partial charge in [0.1, 0.15) is 5.76 Å². The van der Waals surface area contributed by atoms with Crippen LogP contribution in [0.1, 0.15) is 31.6 Å². The van der Waals surface area contributed by atoms with Crippen LogP contribution >= 0.6 is 0 Å². The molecule has 0 spiro atoms. The van der Waals surface area contributed by atoms with Crippen molar-refractivity contribution in [2.45, 2.75) is 25.8 Å². The second-order valence-electron chi connectivity index (χ2n) is 7.21. The molecule has 0 aromatic carbocycles. The van der Waals surface area contributed by atoms with Crippen LogP contribution in [0.3, 0.4) is 0 Å². The molecule has 1 aromatic rings. The summed E-state index contributed by atoms with van der Waals surface area (Å²) in [4.78, 5) is 21.0. The summed E-state index contributed by atoms with van der Waals surface area (Å²) >= 11 is 0. The zero-order valence-corrected chi connectivity index (χ0v) is 16.0. The van der Waals surface area contributed by atoms with Gasteiger partial charge in [-0.1, -0.05) is 6.92 Å². The fourth-order valence-corrected chi connectivity index (χ4v) is 4.06. The van der Waals surface area contributed by atoms with Gasteiger partial charge in [0.05, 0.1) is 25.3 Å². The first-order chi connectivity index (χ1) is 12.6. The summed E-state index contributed by atoms with van der Waals surface area (Å²) in [6, 6.07) is 4.18. The number of guanidine groups is 1. The third-order valence-corrected chi connectivity index (χ3v) is 5.53. The molecule has 0 radical (unpaired) electrons. The molecule has 2 aliphatic heterocycles. The van der Waals surface area contributed by atoms with Crippen molar-refractivity contribution in [2.24, 2.45) is 16.8 Å². The molecule has 2 fully saturated rings. The SMILES string of the molecule is CN=C(NCC(c1ccco1)N1CCCC1)N1CC(C)C(C(=O)OC)C1. The van der Waals surface area contributed by atoms with E-state index >= 15 is 0 Å². The van der Waals surface area contributed by atoms with Gasteiger partial charge in [-0.2, -0.15) is 0 Å². The molecule has 3 atom stereocenters. The normalized spacial score (nSPS) is 25.5. The van der Waals surface area contributed by atoms with Crippen molar-refractivity contribution in [1.82, 2.24) is 15.1 Å². The van der Waals surface area contributed by atoms with Crippen molar-refractivity contribution in [3.05, 3.63) is 24.2 Å². The molecule has 3 rings (SSSR count). The number of hydrogen-bond acceptors (Lipinski definition) is 5. The van der Waals surface area contributed by atoms with E-state index in [1.165, 1.54) is 20.0 Å². The van der Waals surface area contributed by atoms with E-state index in [9.17, 15) is 4.79 Å². The van der Waals surface area contributed by atoms with E-state index in [2.05, 4.69) is 27.0 Å². The Bertz CT molecular complexity index is 610. The number of ether oxygens (including phenoxy) is 1. The lowest BCUT2D eigenvalue weighted by molar-refractivity contribution is -0.145. The van der Waals surface area contributed by atoms with Crippen LogP contribution in [0, 0.1) is 11.8 Å². The molecule has 3 heterocycles. The summed E-state index contributed by atoms with van der Waals surface area (Å²) in [5, 5.41) is 3.50. The van der Waals surface area contributed by atoms with Crippen LogP contribution in [0.25, 0.3) is 0 Å². The Morgan fingerprint density at radius 3 is 2.81 bits per heavy atom. The molecule has 1 aromatic heterocycles. The van der Waals surface area contributed by atoms with Crippen molar-refractivity contribution in [2.75, 3.05) is 46.9 Å². The first-order valence-electron chi connectivity index (χ1n) is 9.45. The molecular weight excluding hydrogens is 332 g/mol. The highest BCUT2D eigenvalue weighted by atomic mass is 16.5. The number of hydrogen-bond donors (Lipinski definition) is 1. The van der Waals surface area contributed by atoms with Gasteiger partial charge in [0.25, 0.3) is 0 Å². The molecule has 7 nitrogen and oxygen atoms in total. The fourth-order valence-electron chi connectivity index (χ4n) is 4.06. The topological polar surface area (TPSA) is 70.3 Å². The minimum atomic E-state index is -0.138. The molecule has 0 amide bonds. The zero-order valence-electron chi connectivity index (χ0n) is 16.0. The largest absolute Gasteiger partial charge is 0.469 e. The Kier molecular flexibility index (Phi) is 6.19. The van der Waals surface area contributed by atoms with Gasteiger partial charge in [-0.05, 0) is 44.0 Å². The van der Waals surface area contributed by atoms with E-state index in [1.807, 2.05) is 12.1 Å². The highest BCUT2D eigenvalue weighted by Gasteiger charge is 2.37. The Hall–Kier alpha value is -2.02. The minimum Gasteiger partial charge on any atom is -0.469 e. The molecule has 0 bridgehead atoms. The second kappa shape index (κ2) is 8.58. The smallest absolute Gasteiger partial charge is 0.310 e. The number of carbonyl (C=O) groups excluding carboxylic acids is 1. The third kappa shape index (κ3) is 4.03. The molecule has 1 N–H and O–H groups in total. The number of nitrogens with zero attached hydrogens (tertiary/aromatic N) is 3. The second-order valence-corrected chi connectivity index (χ2v) is 7.21. The number of rotatable bonds is 5. The zero-order chi connectivity index (χ0) is 18.5. The number of likely N-dealkylation sites (tertiary alicyclic amines) is 2. The predicted octanol–water partition coefficient (Wildman–Crippen LogP) is 1.73. The quantitative estimate of drug-likeness (QED) is 0.489. The Labute approximate surface area is 155 Å². The molecule has 0 aliphatic carbocycles. The van der Waals surface area contributed by atoms with Crippen molar-refractivity contribution >= 4 is 11.9 Å². The van der Waals surface area contributed by atoms with Gasteiger partial charge >= 0.3 is 5.97 Å². The molecule has 7 heteroatoms. The maximum absolute atomic E-state index is 11.9. The van der Waals surface area contributed by atoms with E-state index in [-0.39, 0.29) is 23.8 Å². The van der Waals surface area contributed by atoms with E-state index in [4.69, 9.17) is 9.15 Å². The number of furan rings is 1. The fraction of sp³-hybridized carbons (Fsp3) is 0.684. The minimum absolute atomic E-state index is 0.0991. The molecular formula is C19H30N4O3. The summed E-state index contributed by atoms with van der Waals surface area (Å²) in [6.07, 6.45) is 4.20. The van der Waals surface area contributed by atoms with E-state index < -0.39 is 0 Å². The summed E-state index contributed by atoms with van der Waals surface area (Å²) in [7, 11) is 3.24. The van der Waals surface area contributed by atoms with Gasteiger partial charge < -0.3 is 19.4 Å². The highest BCUT2D eigenvalue weighted by molar-refractivity contribution is 5.82. The molecule has 144 valence electrons. The van der Waals surface area contributed by atoms with Crippen LogP contribution in [0.2, 0.25) is 0 Å². The Balaban J connectivity index is 1.63. The maximum Gasteiger partial charge on any atom is 0.310 e. The first-order valence-corrected chi connectivity index (χ1v) is 9.45. The summed E-state index contributed by atoms with van der Waals surface area (Å²) in [5.41, 5.74) is 0. The van der Waals surface area contributed by atoms with E-state index in [0.717, 1.165) is 37.9 Å². The van der Waals surface area contributed by atoms with Gasteiger partial charge in [-0.3, -0.25) is 14.7 Å². The van der Waals surface area contributed by atoms with Crippen LogP contribution in [0.15, 0.2) is 27.8 Å². The number of methoxy groups -OCH3 is 1. The monoisotopic (exact) mass is 362 g/mol. The highest BCUT2D eigenvalue weighted by Crippen LogP contribution is 2.26. The summed E-state index contributed by atoms with van der Waals surface area (Å²) < 4.78 is 10.6. The van der Waals surface area contributed by atoms with E-state index in [1.54, 1.807) is 13.3 Å². The standard InChI is InChI=1S/C19H30N4O3/c1-14-12-23(13-15(14)18(24)25-3)19(20-2)21-11-16(17-7-6-10-26-17)22-8-4-5-9-22/h6-7,10,14-16H,4-5,8-9,11-13H2,1-3H3,(H,20,21). The molecule has 2 aliphatic rings. The van der Waals surface area contributed by atoms with Crippen LogP contribution in [0.5, 0.6) is 0 Å². The van der Waals surface area contributed by atoms with Crippen LogP contribution in [-0.4, -0.2) is 68.6 Å². The summed E-state index contributed by atoms with van der Waals surface area (Å²) in [6.45, 7) is 6.45. The van der Waals surface area contributed by atoms with Gasteiger partial charge in [-0.15, -0.1) is 0 Å². The summed E-state index contributed by atoms with van der Waals surface area (Å²) in [5.74, 6) is 1.83. The van der Waals surface area contributed by atoms with E-state index in [0.29, 0.717) is 6.54 Å². The third-order valence-electron chi connectivity index (χ3n) is 5.53. The Morgan fingerprint density at radius 2 is 2.19 bits per heavy atom. The van der Waals surface area contributed by atoms with Gasteiger partial charge in [0, 0.05) is 26.7 Å². The van der Waals surface area contributed by atoms with Crippen molar-refractivity contribution in [3.8, 4) is 0 Å². The average Bonchev–Trinajstić information content (AvgIpc) is 3.40. The van der Waals surface area contributed by atoms with Crippen molar-refractivity contribution < 1.29 is 13.9 Å². The van der Waals surface area contributed by atoms with Crippen molar-refractivity contribution in [1.29, 1.82) is 0 Å². The lowest BCUT2D eigenvalue weighted by Gasteiger charge is -2.28. The van der Waals surface area contributed by atoms with Gasteiger partial charge in [-0.25, -0.2) is 0 Å². The molecule has 26 heavy (non-hydrogen) atoms. The van der Waals surface area contributed by atoms with Crippen LogP contribution in [-0.2, 0) is 9.53 Å². The number of aliphatic imine (C=N–C) groups is 1.